The molecule has 4 fully saturated rings. The summed E-state index contributed by atoms with van der Waals surface area (Å²) < 4.78 is 17.7. The van der Waals surface area contributed by atoms with E-state index in [1.807, 2.05) is 6.92 Å². The van der Waals surface area contributed by atoms with Crippen LogP contribution in [0.1, 0.15) is 79.1 Å². The molecule has 3 saturated carbocycles. The van der Waals surface area contributed by atoms with Crippen molar-refractivity contribution in [2.45, 2.75) is 127 Å². The number of carbonyl (C=O) groups is 1. The van der Waals surface area contributed by atoms with Crippen LogP contribution >= 0.6 is 0 Å². The fourth-order valence-corrected chi connectivity index (χ4v) is 8.83. The predicted octanol–water partition coefficient (Wildman–Crippen LogP) is 2.25. The highest BCUT2D eigenvalue weighted by molar-refractivity contribution is 5.86. The first-order chi connectivity index (χ1) is 16.8. The summed E-state index contributed by atoms with van der Waals surface area (Å²) in [6.45, 7) is 7.15. The third-order valence-electron chi connectivity index (χ3n) is 11.4. The summed E-state index contributed by atoms with van der Waals surface area (Å²) in [6, 6.07) is 0. The highest BCUT2D eigenvalue weighted by atomic mass is 16.7. The summed E-state index contributed by atoms with van der Waals surface area (Å²) in [5, 5.41) is 45.2. The Morgan fingerprint density at radius 1 is 1.11 bits per heavy atom. The van der Waals surface area contributed by atoms with E-state index >= 15 is 0 Å². The van der Waals surface area contributed by atoms with E-state index in [1.54, 1.807) is 14.0 Å². The van der Waals surface area contributed by atoms with Crippen LogP contribution in [0.4, 0.5) is 0 Å². The third-order valence-corrected chi connectivity index (χ3v) is 11.4. The van der Waals surface area contributed by atoms with Crippen molar-refractivity contribution in [2.75, 3.05) is 7.11 Å². The number of rotatable bonds is 4. The van der Waals surface area contributed by atoms with Gasteiger partial charge in [0.05, 0.1) is 35.4 Å². The number of aliphatic hydroxyl groups excluding tert-OH is 2. The van der Waals surface area contributed by atoms with E-state index in [1.165, 1.54) is 12.5 Å². The summed E-state index contributed by atoms with van der Waals surface area (Å²) in [5.41, 5.74) is -3.20. The fraction of sp³-hybridized carbons (Fsp3) is 0.893. The van der Waals surface area contributed by atoms with Crippen molar-refractivity contribution in [3.8, 4) is 0 Å². The zero-order valence-electron chi connectivity index (χ0n) is 22.3. The minimum absolute atomic E-state index is 0.0121. The zero-order valence-corrected chi connectivity index (χ0v) is 22.3. The van der Waals surface area contributed by atoms with Gasteiger partial charge in [-0.2, -0.15) is 0 Å². The van der Waals surface area contributed by atoms with Crippen LogP contribution in [0.2, 0.25) is 0 Å². The van der Waals surface area contributed by atoms with Crippen molar-refractivity contribution in [2.24, 2.45) is 22.7 Å². The molecule has 4 aliphatic carbocycles. The normalized spacial score (nSPS) is 54.8. The van der Waals surface area contributed by atoms with Gasteiger partial charge in [-0.05, 0) is 76.0 Å². The van der Waals surface area contributed by atoms with Crippen molar-refractivity contribution < 1.29 is 39.4 Å². The lowest BCUT2D eigenvalue weighted by Crippen LogP contribution is -2.70. The highest BCUT2D eigenvalue weighted by Gasteiger charge is 2.75. The second-order valence-electron chi connectivity index (χ2n) is 12.7. The monoisotopic (exact) mass is 508 g/mol. The standard InChI is InChI=1S/C28H44O8/c1-15-24(31)21(34-5)14-23(35-15)36-18-8-9-25(3)17(12-18)6-7-19-20(25)13-22(30)26(4)27(32,16(2)29)10-11-28(19,26)33/h6,15,18-24,30-33H,7-14H2,1-5H3/t15-,18+,19+,20+,21-,22-,23+,24-,25+,26-,27+,28+/m1/s1. The lowest BCUT2D eigenvalue weighted by Gasteiger charge is -2.63. The van der Waals surface area contributed by atoms with Crippen molar-refractivity contribution in [1.29, 1.82) is 0 Å². The lowest BCUT2D eigenvalue weighted by atomic mass is 9.44. The van der Waals surface area contributed by atoms with E-state index in [0.29, 0.717) is 25.7 Å². The highest BCUT2D eigenvalue weighted by Crippen LogP contribution is 2.69. The van der Waals surface area contributed by atoms with Gasteiger partial charge >= 0.3 is 0 Å². The summed E-state index contributed by atoms with van der Waals surface area (Å²) in [7, 11) is 1.59. The number of fused-ring (bicyclic) bond motifs is 5. The molecule has 0 unspecified atom stereocenters. The van der Waals surface area contributed by atoms with Gasteiger partial charge in [0.25, 0.3) is 0 Å². The Kier molecular flexibility index (Phi) is 6.56. The summed E-state index contributed by atoms with van der Waals surface area (Å²) >= 11 is 0. The van der Waals surface area contributed by atoms with Gasteiger partial charge in [0.2, 0.25) is 0 Å². The molecule has 0 aromatic heterocycles. The number of hydrogen-bond donors (Lipinski definition) is 4. The van der Waals surface area contributed by atoms with Crippen LogP contribution in [-0.4, -0.2) is 81.3 Å². The summed E-state index contributed by atoms with van der Waals surface area (Å²) in [4.78, 5) is 12.5. The molecule has 1 heterocycles. The van der Waals surface area contributed by atoms with E-state index in [2.05, 4.69) is 13.0 Å². The van der Waals surface area contributed by atoms with Gasteiger partial charge in [0.15, 0.2) is 12.1 Å². The van der Waals surface area contributed by atoms with Gasteiger partial charge < -0.3 is 34.6 Å². The molecular weight excluding hydrogens is 464 g/mol. The molecule has 36 heavy (non-hydrogen) atoms. The molecule has 0 aromatic carbocycles. The third kappa shape index (κ3) is 3.48. The second kappa shape index (κ2) is 8.83. The molecule has 0 amide bonds. The first kappa shape index (κ1) is 26.7. The predicted molar refractivity (Wildman–Crippen MR) is 131 cm³/mol. The average Bonchev–Trinajstić information content (AvgIpc) is 3.06. The quantitative estimate of drug-likeness (QED) is 0.426. The SMILES string of the molecule is CO[C@@H]1C[C@H](O[C@H]2CC[C@@]3(C)C(=CC[C@H]4[C@@H]3C[C@@H](O)[C@]3(C)[C@@](O)(C(C)=O)CC[C@]43O)C2)O[C@H](C)[C@H]1O. The average molecular weight is 509 g/mol. The van der Waals surface area contributed by atoms with Crippen molar-refractivity contribution in [1.82, 2.24) is 0 Å². The summed E-state index contributed by atoms with van der Waals surface area (Å²) in [6.07, 6.45) is 4.00. The molecule has 4 N–H and O–H groups in total. The maximum atomic E-state index is 12.5. The Labute approximate surface area is 214 Å². The van der Waals surface area contributed by atoms with Crippen LogP contribution in [0, 0.1) is 22.7 Å². The first-order valence-electron chi connectivity index (χ1n) is 13.7. The fourth-order valence-electron chi connectivity index (χ4n) is 8.83. The van der Waals surface area contributed by atoms with Crippen LogP contribution in [0.3, 0.4) is 0 Å². The topological polar surface area (TPSA) is 126 Å². The largest absolute Gasteiger partial charge is 0.392 e. The van der Waals surface area contributed by atoms with Crippen LogP contribution in [-0.2, 0) is 19.0 Å². The number of allylic oxidation sites excluding steroid dienone is 1. The van der Waals surface area contributed by atoms with E-state index in [9.17, 15) is 25.2 Å². The van der Waals surface area contributed by atoms with Crippen molar-refractivity contribution in [3.63, 3.8) is 0 Å². The minimum Gasteiger partial charge on any atom is -0.392 e. The van der Waals surface area contributed by atoms with E-state index in [-0.39, 0.29) is 47.8 Å². The lowest BCUT2D eigenvalue weighted by molar-refractivity contribution is -0.268. The van der Waals surface area contributed by atoms with E-state index < -0.39 is 35.1 Å². The number of hydrogen-bond acceptors (Lipinski definition) is 8. The van der Waals surface area contributed by atoms with Gasteiger partial charge in [-0.3, -0.25) is 4.79 Å². The Balaban J connectivity index is 1.36. The Morgan fingerprint density at radius 2 is 1.83 bits per heavy atom. The maximum Gasteiger partial charge on any atom is 0.162 e. The molecule has 5 rings (SSSR count). The smallest absolute Gasteiger partial charge is 0.162 e. The molecule has 0 radical (unpaired) electrons. The number of ether oxygens (including phenoxy) is 3. The number of carbonyl (C=O) groups excluding carboxylic acids is 1. The number of methoxy groups -OCH3 is 1. The van der Waals surface area contributed by atoms with Crippen LogP contribution in [0.5, 0.6) is 0 Å². The molecule has 1 saturated heterocycles. The van der Waals surface area contributed by atoms with Gasteiger partial charge in [-0.15, -0.1) is 0 Å². The number of Topliss-reactive ketones (excluding diaryl/α,β-unsaturated/α-hetero) is 1. The van der Waals surface area contributed by atoms with Gasteiger partial charge in [-0.1, -0.05) is 25.5 Å². The molecule has 8 heteroatoms. The molecule has 8 nitrogen and oxygen atoms in total. The molecule has 0 bridgehead atoms. The van der Waals surface area contributed by atoms with Crippen LogP contribution in [0.25, 0.3) is 0 Å². The van der Waals surface area contributed by atoms with E-state index in [4.69, 9.17) is 14.2 Å². The van der Waals surface area contributed by atoms with E-state index in [0.717, 1.165) is 19.3 Å². The molecule has 0 spiro atoms. The molecule has 0 aromatic rings. The first-order valence-corrected chi connectivity index (χ1v) is 13.7. The molecule has 204 valence electrons. The number of aliphatic hydroxyl groups is 4. The van der Waals surface area contributed by atoms with Crippen molar-refractivity contribution >= 4 is 5.78 Å². The van der Waals surface area contributed by atoms with Crippen molar-refractivity contribution in [3.05, 3.63) is 11.6 Å². The molecular formula is C28H44O8. The summed E-state index contributed by atoms with van der Waals surface area (Å²) in [5.74, 6) is -0.450. The molecule has 12 atom stereocenters. The Bertz CT molecular complexity index is 921. The van der Waals surface area contributed by atoms with Gasteiger partial charge in [-0.25, -0.2) is 0 Å². The van der Waals surface area contributed by atoms with Gasteiger partial charge in [0, 0.05) is 13.5 Å². The maximum absolute atomic E-state index is 12.5. The number of ketones is 1. The molecule has 5 aliphatic rings. The second-order valence-corrected chi connectivity index (χ2v) is 12.7. The zero-order chi connectivity index (χ0) is 26.3. The van der Waals surface area contributed by atoms with Crippen LogP contribution in [0.15, 0.2) is 11.6 Å². The molecule has 1 aliphatic heterocycles. The Morgan fingerprint density at radius 3 is 2.50 bits per heavy atom. The minimum atomic E-state index is -1.71. The van der Waals surface area contributed by atoms with Gasteiger partial charge in [0.1, 0.15) is 11.7 Å². The van der Waals surface area contributed by atoms with Crippen LogP contribution < -0.4 is 0 Å². The Hall–Kier alpha value is -0.870.